The summed E-state index contributed by atoms with van der Waals surface area (Å²) >= 11 is 9.03. The maximum absolute atomic E-state index is 12.1. The Balaban J connectivity index is 2.83. The molecule has 1 aromatic carbocycles. The van der Waals surface area contributed by atoms with Gasteiger partial charge in [-0.3, -0.25) is 4.90 Å². The summed E-state index contributed by atoms with van der Waals surface area (Å²) < 4.78 is 5.99. The average Bonchev–Trinajstić information content (AvgIpc) is 2.52. The second kappa shape index (κ2) is 10.1. The zero-order valence-corrected chi connectivity index (χ0v) is 15.5. The highest BCUT2D eigenvalue weighted by atomic mass is 79.9. The smallest absolute Gasteiger partial charge is 0.338 e. The second-order valence-electron chi connectivity index (χ2n) is 5.02. The van der Waals surface area contributed by atoms with E-state index in [0.29, 0.717) is 30.3 Å². The molecule has 4 nitrogen and oxygen atoms in total. The van der Waals surface area contributed by atoms with Gasteiger partial charge in [0.25, 0.3) is 0 Å². The van der Waals surface area contributed by atoms with Crippen LogP contribution in [0.2, 0.25) is 0 Å². The lowest BCUT2D eigenvalue weighted by Gasteiger charge is -2.20. The molecule has 1 rings (SSSR count). The monoisotopic (exact) mass is 390 g/mol. The summed E-state index contributed by atoms with van der Waals surface area (Å²) in [6.07, 6.45) is 1.62. The van der Waals surface area contributed by atoms with Gasteiger partial charge >= 0.3 is 5.97 Å². The topological polar surface area (TPSA) is 55.6 Å². The molecule has 0 spiro atoms. The SMILES string of the molecule is CCN(CC)Cc1cc(C(=O)OCCCCCl)cc(Br)c1N. The number of carbonyl (C=O) groups is 1. The average molecular weight is 392 g/mol. The fourth-order valence-corrected chi connectivity index (χ4v) is 2.75. The number of nitrogen functional groups attached to an aromatic ring is 1. The molecule has 0 unspecified atom stereocenters. The first-order valence-electron chi connectivity index (χ1n) is 7.56. The summed E-state index contributed by atoms with van der Waals surface area (Å²) in [5.41, 5.74) is 8.24. The van der Waals surface area contributed by atoms with E-state index in [2.05, 4.69) is 34.7 Å². The molecule has 0 saturated carbocycles. The van der Waals surface area contributed by atoms with Crippen LogP contribution in [0.4, 0.5) is 5.69 Å². The number of carbonyl (C=O) groups excluding carboxylic acids is 1. The van der Waals surface area contributed by atoms with Gasteiger partial charge in [0.15, 0.2) is 0 Å². The largest absolute Gasteiger partial charge is 0.462 e. The normalized spacial score (nSPS) is 11.0. The van der Waals surface area contributed by atoms with Crippen LogP contribution in [-0.2, 0) is 11.3 Å². The number of hydrogen-bond donors (Lipinski definition) is 1. The summed E-state index contributed by atoms with van der Waals surface area (Å²) in [6, 6.07) is 3.53. The van der Waals surface area contributed by atoms with E-state index in [9.17, 15) is 4.79 Å². The van der Waals surface area contributed by atoms with Crippen molar-refractivity contribution in [2.45, 2.75) is 33.2 Å². The number of nitrogens with two attached hydrogens (primary N) is 1. The molecule has 0 heterocycles. The number of benzene rings is 1. The van der Waals surface area contributed by atoms with E-state index in [0.717, 1.165) is 36.0 Å². The molecule has 0 aromatic heterocycles. The van der Waals surface area contributed by atoms with Crippen molar-refractivity contribution in [2.24, 2.45) is 0 Å². The third-order valence-electron chi connectivity index (χ3n) is 3.50. The van der Waals surface area contributed by atoms with Crippen LogP contribution >= 0.6 is 27.5 Å². The first-order valence-corrected chi connectivity index (χ1v) is 8.89. The van der Waals surface area contributed by atoms with Crippen molar-refractivity contribution in [1.82, 2.24) is 4.90 Å². The minimum atomic E-state index is -0.323. The molecule has 0 atom stereocenters. The Morgan fingerprint density at radius 1 is 1.32 bits per heavy atom. The van der Waals surface area contributed by atoms with Crippen molar-refractivity contribution in [1.29, 1.82) is 0 Å². The summed E-state index contributed by atoms with van der Waals surface area (Å²) in [6.45, 7) is 7.17. The molecule has 6 heteroatoms. The molecule has 1 aromatic rings. The maximum Gasteiger partial charge on any atom is 0.338 e. The molecule has 124 valence electrons. The van der Waals surface area contributed by atoms with Gasteiger partial charge in [0.1, 0.15) is 0 Å². The highest BCUT2D eigenvalue weighted by Gasteiger charge is 2.14. The molecule has 0 aliphatic rings. The van der Waals surface area contributed by atoms with Crippen LogP contribution in [0.15, 0.2) is 16.6 Å². The van der Waals surface area contributed by atoms with Crippen LogP contribution in [0.25, 0.3) is 0 Å². The van der Waals surface area contributed by atoms with Crippen molar-refractivity contribution in [3.05, 3.63) is 27.7 Å². The molecule has 0 fully saturated rings. The number of anilines is 1. The zero-order chi connectivity index (χ0) is 16.5. The first kappa shape index (κ1) is 19.3. The Labute approximate surface area is 146 Å². The summed E-state index contributed by atoms with van der Waals surface area (Å²) in [7, 11) is 0. The van der Waals surface area contributed by atoms with E-state index in [1.807, 2.05) is 6.07 Å². The number of unbranched alkanes of at least 4 members (excludes halogenated alkanes) is 1. The Kier molecular flexibility index (Phi) is 8.83. The number of nitrogens with zero attached hydrogens (tertiary/aromatic N) is 1. The molecular formula is C16H24BrClN2O2. The van der Waals surface area contributed by atoms with Crippen molar-refractivity contribution < 1.29 is 9.53 Å². The Hall–Kier alpha value is -0.780. The van der Waals surface area contributed by atoms with Gasteiger partial charge < -0.3 is 10.5 Å². The Bertz CT molecular complexity index is 493. The number of alkyl halides is 1. The summed E-state index contributed by atoms with van der Waals surface area (Å²) in [5, 5.41) is 0. The van der Waals surface area contributed by atoms with E-state index in [1.165, 1.54) is 0 Å². The Morgan fingerprint density at radius 3 is 2.59 bits per heavy atom. The van der Waals surface area contributed by atoms with Crippen LogP contribution in [0.5, 0.6) is 0 Å². The molecule has 0 radical (unpaired) electrons. The standard InChI is InChI=1S/C16H24BrClN2O2/c1-3-20(4-2)11-13-9-12(10-14(17)15(13)19)16(21)22-8-6-5-7-18/h9-10H,3-8,11,19H2,1-2H3. The zero-order valence-electron chi connectivity index (χ0n) is 13.2. The number of esters is 1. The van der Waals surface area contributed by atoms with Crippen LogP contribution in [0.1, 0.15) is 42.6 Å². The lowest BCUT2D eigenvalue weighted by atomic mass is 10.1. The number of rotatable bonds is 9. The predicted octanol–water partition coefficient (Wildman–Crippen LogP) is 4.05. The molecule has 0 bridgehead atoms. The van der Waals surface area contributed by atoms with E-state index in [4.69, 9.17) is 22.1 Å². The van der Waals surface area contributed by atoms with Crippen LogP contribution in [0, 0.1) is 0 Å². The molecule has 0 amide bonds. The lowest BCUT2D eigenvalue weighted by Crippen LogP contribution is -2.23. The number of ether oxygens (including phenoxy) is 1. The van der Waals surface area contributed by atoms with Gasteiger partial charge in [-0.05, 0) is 59.6 Å². The van der Waals surface area contributed by atoms with E-state index in [-0.39, 0.29) is 5.97 Å². The van der Waals surface area contributed by atoms with E-state index in [1.54, 1.807) is 6.07 Å². The van der Waals surface area contributed by atoms with Gasteiger partial charge in [0, 0.05) is 16.9 Å². The van der Waals surface area contributed by atoms with Crippen molar-refractivity contribution in [3.8, 4) is 0 Å². The highest BCUT2D eigenvalue weighted by Crippen LogP contribution is 2.27. The van der Waals surface area contributed by atoms with E-state index >= 15 is 0 Å². The lowest BCUT2D eigenvalue weighted by molar-refractivity contribution is 0.0499. The van der Waals surface area contributed by atoms with Crippen molar-refractivity contribution in [3.63, 3.8) is 0 Å². The quantitative estimate of drug-likeness (QED) is 0.299. The Morgan fingerprint density at radius 2 is 2.00 bits per heavy atom. The number of hydrogen-bond acceptors (Lipinski definition) is 4. The third-order valence-corrected chi connectivity index (χ3v) is 4.42. The molecular weight excluding hydrogens is 368 g/mol. The predicted molar refractivity (Wildman–Crippen MR) is 95.4 cm³/mol. The molecule has 22 heavy (non-hydrogen) atoms. The fraction of sp³-hybridized carbons (Fsp3) is 0.562. The summed E-state index contributed by atoms with van der Waals surface area (Å²) in [5.74, 6) is 0.259. The van der Waals surface area contributed by atoms with Crippen LogP contribution in [0.3, 0.4) is 0 Å². The molecule has 0 saturated heterocycles. The van der Waals surface area contributed by atoms with Crippen molar-refractivity contribution >= 4 is 39.2 Å². The molecule has 0 aliphatic carbocycles. The van der Waals surface area contributed by atoms with Gasteiger partial charge in [-0.1, -0.05) is 13.8 Å². The minimum Gasteiger partial charge on any atom is -0.462 e. The summed E-state index contributed by atoms with van der Waals surface area (Å²) in [4.78, 5) is 14.4. The minimum absolute atomic E-state index is 0.323. The fourth-order valence-electron chi connectivity index (χ4n) is 2.06. The van der Waals surface area contributed by atoms with Gasteiger partial charge in [-0.15, -0.1) is 11.6 Å². The van der Waals surface area contributed by atoms with Crippen LogP contribution < -0.4 is 5.73 Å². The highest BCUT2D eigenvalue weighted by molar-refractivity contribution is 9.10. The first-order chi connectivity index (χ1) is 10.5. The van der Waals surface area contributed by atoms with Crippen molar-refractivity contribution in [2.75, 3.05) is 31.3 Å². The van der Waals surface area contributed by atoms with Gasteiger partial charge in [0.05, 0.1) is 17.9 Å². The third kappa shape index (κ3) is 5.78. The van der Waals surface area contributed by atoms with Gasteiger partial charge in [0.2, 0.25) is 0 Å². The molecule has 0 aliphatic heterocycles. The maximum atomic E-state index is 12.1. The molecule has 2 N–H and O–H groups in total. The van der Waals surface area contributed by atoms with Gasteiger partial charge in [-0.25, -0.2) is 4.79 Å². The second-order valence-corrected chi connectivity index (χ2v) is 6.26. The van der Waals surface area contributed by atoms with Gasteiger partial charge in [-0.2, -0.15) is 0 Å². The van der Waals surface area contributed by atoms with E-state index < -0.39 is 0 Å². The van der Waals surface area contributed by atoms with Crippen LogP contribution in [-0.4, -0.2) is 36.4 Å². The number of halogens is 2.